The first-order chi connectivity index (χ1) is 10.2. The molecule has 1 aliphatic carbocycles. The lowest BCUT2D eigenvalue weighted by Gasteiger charge is -2.34. The summed E-state index contributed by atoms with van der Waals surface area (Å²) in [4.78, 5) is 23.9. The molecule has 7 heteroatoms. The second-order valence-electron chi connectivity index (χ2n) is 5.70. The molecule has 2 N–H and O–H groups in total. The van der Waals surface area contributed by atoms with Gasteiger partial charge in [0.1, 0.15) is 5.54 Å². The molecule has 0 unspecified atom stereocenters. The average Bonchev–Trinajstić information content (AvgIpc) is 2.47. The van der Waals surface area contributed by atoms with Gasteiger partial charge in [-0.3, -0.25) is 4.79 Å². The number of amides is 1. The van der Waals surface area contributed by atoms with E-state index in [2.05, 4.69) is 5.32 Å². The minimum absolute atomic E-state index is 0.0353. The van der Waals surface area contributed by atoms with E-state index < -0.39 is 27.3 Å². The minimum atomic E-state index is -3.42. The standard InChI is InChI=1S/C15H19NO5S/c1-22(20,21)12-7-5-6-11(10-12)13(17)16-15(14(18)19)8-3-2-4-9-15/h5-7,10H,2-4,8-9H2,1H3,(H,16,17)(H,18,19). The van der Waals surface area contributed by atoms with Gasteiger partial charge >= 0.3 is 5.97 Å². The Labute approximate surface area is 129 Å². The summed E-state index contributed by atoms with van der Waals surface area (Å²) in [5.74, 6) is -1.60. The van der Waals surface area contributed by atoms with E-state index >= 15 is 0 Å². The van der Waals surface area contributed by atoms with Crippen molar-refractivity contribution in [3.63, 3.8) is 0 Å². The van der Waals surface area contributed by atoms with Crippen LogP contribution in [-0.2, 0) is 14.6 Å². The number of carboxylic acids is 1. The first kappa shape index (κ1) is 16.5. The molecule has 0 spiro atoms. The van der Waals surface area contributed by atoms with Crippen molar-refractivity contribution >= 4 is 21.7 Å². The van der Waals surface area contributed by atoms with Gasteiger partial charge in [0.15, 0.2) is 9.84 Å². The molecule has 0 aliphatic heterocycles. The second kappa shape index (κ2) is 6.08. The normalized spacial score (nSPS) is 17.7. The molecule has 0 aromatic heterocycles. The van der Waals surface area contributed by atoms with Crippen molar-refractivity contribution < 1.29 is 23.1 Å². The van der Waals surface area contributed by atoms with E-state index in [0.29, 0.717) is 12.8 Å². The topological polar surface area (TPSA) is 101 Å². The molecule has 1 amide bonds. The van der Waals surface area contributed by atoms with Crippen molar-refractivity contribution in [1.82, 2.24) is 5.32 Å². The van der Waals surface area contributed by atoms with E-state index in [1.54, 1.807) is 0 Å². The number of benzene rings is 1. The van der Waals surface area contributed by atoms with E-state index in [1.807, 2.05) is 0 Å². The lowest BCUT2D eigenvalue weighted by Crippen LogP contribution is -2.55. The fraction of sp³-hybridized carbons (Fsp3) is 0.467. The third kappa shape index (κ3) is 3.47. The predicted molar refractivity (Wildman–Crippen MR) is 80.5 cm³/mol. The Morgan fingerprint density at radius 1 is 1.18 bits per heavy atom. The summed E-state index contributed by atoms with van der Waals surface area (Å²) in [6.45, 7) is 0. The van der Waals surface area contributed by atoms with Crippen LogP contribution in [0.4, 0.5) is 0 Å². The van der Waals surface area contributed by atoms with Crippen LogP contribution in [0.5, 0.6) is 0 Å². The number of carbonyl (C=O) groups excluding carboxylic acids is 1. The van der Waals surface area contributed by atoms with E-state index in [1.165, 1.54) is 24.3 Å². The highest BCUT2D eigenvalue weighted by atomic mass is 32.2. The molecule has 0 bridgehead atoms. The molecule has 0 radical (unpaired) electrons. The molecule has 0 atom stereocenters. The van der Waals surface area contributed by atoms with Gasteiger partial charge in [-0.2, -0.15) is 0 Å². The van der Waals surface area contributed by atoms with Crippen LogP contribution in [0.3, 0.4) is 0 Å². The Hall–Kier alpha value is -1.89. The van der Waals surface area contributed by atoms with Gasteiger partial charge in [-0.1, -0.05) is 25.3 Å². The van der Waals surface area contributed by atoms with Gasteiger partial charge < -0.3 is 10.4 Å². The maximum Gasteiger partial charge on any atom is 0.329 e. The zero-order valence-electron chi connectivity index (χ0n) is 12.3. The summed E-state index contributed by atoms with van der Waals surface area (Å²) >= 11 is 0. The van der Waals surface area contributed by atoms with Crippen molar-refractivity contribution in [3.8, 4) is 0 Å². The maximum absolute atomic E-state index is 12.3. The fourth-order valence-electron chi connectivity index (χ4n) is 2.71. The second-order valence-corrected chi connectivity index (χ2v) is 7.72. The molecule has 1 saturated carbocycles. The minimum Gasteiger partial charge on any atom is -0.480 e. The quantitative estimate of drug-likeness (QED) is 0.876. The molecule has 0 saturated heterocycles. The van der Waals surface area contributed by atoms with Crippen LogP contribution in [0.1, 0.15) is 42.5 Å². The molecule has 22 heavy (non-hydrogen) atoms. The van der Waals surface area contributed by atoms with Crippen molar-refractivity contribution in [2.24, 2.45) is 0 Å². The number of carbonyl (C=O) groups is 2. The Kier molecular flexibility index (Phi) is 4.55. The lowest BCUT2D eigenvalue weighted by molar-refractivity contribution is -0.145. The monoisotopic (exact) mass is 325 g/mol. The summed E-state index contributed by atoms with van der Waals surface area (Å²) in [6.07, 6.45) is 4.28. The van der Waals surface area contributed by atoms with Gasteiger partial charge in [-0.15, -0.1) is 0 Å². The highest BCUT2D eigenvalue weighted by Crippen LogP contribution is 2.29. The summed E-state index contributed by atoms with van der Waals surface area (Å²) in [5.41, 5.74) is -1.11. The summed E-state index contributed by atoms with van der Waals surface area (Å²) in [5, 5.41) is 12.1. The van der Waals surface area contributed by atoms with E-state index in [-0.39, 0.29) is 10.5 Å². The predicted octanol–water partition coefficient (Wildman–Crippen LogP) is 1.61. The molecule has 1 fully saturated rings. The smallest absolute Gasteiger partial charge is 0.329 e. The van der Waals surface area contributed by atoms with Crippen LogP contribution in [0.2, 0.25) is 0 Å². The number of aliphatic carboxylic acids is 1. The van der Waals surface area contributed by atoms with Gasteiger partial charge in [0.2, 0.25) is 0 Å². The van der Waals surface area contributed by atoms with Crippen LogP contribution in [0.15, 0.2) is 29.2 Å². The number of sulfone groups is 1. The average molecular weight is 325 g/mol. The van der Waals surface area contributed by atoms with Gasteiger partial charge in [0.25, 0.3) is 5.91 Å². The molecule has 1 aliphatic rings. The van der Waals surface area contributed by atoms with Crippen LogP contribution in [0, 0.1) is 0 Å². The molecule has 6 nitrogen and oxygen atoms in total. The van der Waals surface area contributed by atoms with Crippen LogP contribution in [-0.4, -0.2) is 37.2 Å². The number of hydrogen-bond donors (Lipinski definition) is 2. The van der Waals surface area contributed by atoms with Crippen LogP contribution >= 0.6 is 0 Å². The van der Waals surface area contributed by atoms with Gasteiger partial charge in [0, 0.05) is 11.8 Å². The van der Waals surface area contributed by atoms with E-state index in [9.17, 15) is 23.1 Å². The zero-order valence-corrected chi connectivity index (χ0v) is 13.1. The number of rotatable bonds is 4. The van der Waals surface area contributed by atoms with Gasteiger partial charge in [0.05, 0.1) is 4.90 Å². The molecule has 1 aromatic carbocycles. The van der Waals surface area contributed by atoms with E-state index in [0.717, 1.165) is 25.5 Å². The Morgan fingerprint density at radius 2 is 1.82 bits per heavy atom. The van der Waals surface area contributed by atoms with Crippen LogP contribution < -0.4 is 5.32 Å². The third-order valence-electron chi connectivity index (χ3n) is 3.99. The highest BCUT2D eigenvalue weighted by molar-refractivity contribution is 7.90. The summed E-state index contributed by atoms with van der Waals surface area (Å²) in [6, 6.07) is 5.62. The van der Waals surface area contributed by atoms with Crippen molar-refractivity contribution in [2.75, 3.05) is 6.26 Å². The van der Waals surface area contributed by atoms with Crippen molar-refractivity contribution in [3.05, 3.63) is 29.8 Å². The molecular formula is C15H19NO5S. The Balaban J connectivity index is 2.26. The fourth-order valence-corrected chi connectivity index (χ4v) is 3.37. The molecule has 0 heterocycles. The first-order valence-corrected chi connectivity index (χ1v) is 9.00. The lowest BCUT2D eigenvalue weighted by atomic mass is 9.81. The number of carboxylic acid groups (broad SMARTS) is 1. The Morgan fingerprint density at radius 3 is 2.36 bits per heavy atom. The molecule has 1 aromatic rings. The molecular weight excluding hydrogens is 306 g/mol. The molecule has 120 valence electrons. The van der Waals surface area contributed by atoms with Gasteiger partial charge in [-0.25, -0.2) is 13.2 Å². The third-order valence-corrected chi connectivity index (χ3v) is 5.10. The van der Waals surface area contributed by atoms with Crippen molar-refractivity contribution in [1.29, 1.82) is 0 Å². The maximum atomic E-state index is 12.3. The number of hydrogen-bond acceptors (Lipinski definition) is 4. The Bertz CT molecular complexity index is 690. The largest absolute Gasteiger partial charge is 0.480 e. The summed E-state index contributed by atoms with van der Waals surface area (Å²) < 4.78 is 23.1. The van der Waals surface area contributed by atoms with Gasteiger partial charge in [-0.05, 0) is 31.0 Å². The van der Waals surface area contributed by atoms with E-state index in [4.69, 9.17) is 0 Å². The van der Waals surface area contributed by atoms with Crippen molar-refractivity contribution in [2.45, 2.75) is 42.5 Å². The highest BCUT2D eigenvalue weighted by Gasteiger charge is 2.41. The molecule has 2 rings (SSSR count). The number of nitrogens with one attached hydrogen (secondary N) is 1. The van der Waals surface area contributed by atoms with Crippen LogP contribution in [0.25, 0.3) is 0 Å². The SMILES string of the molecule is CS(=O)(=O)c1cccc(C(=O)NC2(C(=O)O)CCCCC2)c1. The summed E-state index contributed by atoms with van der Waals surface area (Å²) in [7, 11) is -3.42. The zero-order chi connectivity index (χ0) is 16.4. The first-order valence-electron chi connectivity index (χ1n) is 7.11.